The average molecular weight is 306 g/mol. The number of carbonyl (C=O) groups excluding carboxylic acids is 1. The van der Waals surface area contributed by atoms with Gasteiger partial charge < -0.3 is 4.90 Å². The van der Waals surface area contributed by atoms with Crippen LogP contribution in [-0.4, -0.2) is 24.4 Å². The van der Waals surface area contributed by atoms with Crippen LogP contribution in [0.4, 0.5) is 5.13 Å². The maximum absolute atomic E-state index is 11.2. The monoisotopic (exact) mass is 306 g/mol. The topological polar surface area (TPSA) is 33.2 Å². The van der Waals surface area contributed by atoms with Crippen molar-refractivity contribution < 1.29 is 4.79 Å². The molecule has 3 nitrogen and oxygen atoms in total. The summed E-state index contributed by atoms with van der Waals surface area (Å²) < 4.78 is 0. The van der Waals surface area contributed by atoms with Crippen LogP contribution in [0.25, 0.3) is 0 Å². The van der Waals surface area contributed by atoms with E-state index in [1.807, 2.05) is 0 Å². The Morgan fingerprint density at radius 2 is 1.81 bits per heavy atom. The van der Waals surface area contributed by atoms with Crippen molar-refractivity contribution in [3.05, 3.63) is 10.6 Å². The number of rotatable bonds is 3. The highest BCUT2D eigenvalue weighted by Crippen LogP contribution is 2.45. The molecule has 1 aliphatic heterocycles. The molecule has 1 saturated heterocycles. The number of piperidine rings is 1. The summed E-state index contributed by atoms with van der Waals surface area (Å²) in [6.07, 6.45) is 10.7. The summed E-state index contributed by atoms with van der Waals surface area (Å²) in [5.41, 5.74) is 1.60. The number of thiazole rings is 1. The first kappa shape index (κ1) is 15.0. The van der Waals surface area contributed by atoms with Crippen molar-refractivity contribution in [3.63, 3.8) is 0 Å². The fourth-order valence-corrected chi connectivity index (χ4v) is 5.03. The molecule has 0 radical (unpaired) electrons. The zero-order chi connectivity index (χ0) is 14.9. The predicted molar refractivity (Wildman–Crippen MR) is 88.6 cm³/mol. The molecule has 1 aromatic rings. The molecule has 1 aromatic heterocycles. The van der Waals surface area contributed by atoms with E-state index in [9.17, 15) is 4.79 Å². The van der Waals surface area contributed by atoms with Crippen molar-refractivity contribution in [2.24, 2.45) is 5.41 Å². The van der Waals surface area contributed by atoms with Crippen LogP contribution in [0, 0.1) is 5.41 Å². The van der Waals surface area contributed by atoms with Gasteiger partial charge in [0, 0.05) is 13.1 Å². The van der Waals surface area contributed by atoms with Gasteiger partial charge in [-0.1, -0.05) is 44.4 Å². The van der Waals surface area contributed by atoms with Gasteiger partial charge in [0.2, 0.25) is 0 Å². The smallest absolute Gasteiger partial charge is 0.186 e. The average Bonchev–Trinajstić information content (AvgIpc) is 2.93. The van der Waals surface area contributed by atoms with E-state index in [0.29, 0.717) is 11.3 Å². The summed E-state index contributed by atoms with van der Waals surface area (Å²) in [6, 6.07) is 0. The van der Waals surface area contributed by atoms with E-state index in [4.69, 9.17) is 4.98 Å². The molecular formula is C17H26N2OS. The number of nitrogens with zero attached hydrogens (tertiary/aromatic N) is 2. The number of hydrogen-bond acceptors (Lipinski definition) is 4. The molecule has 2 heterocycles. The van der Waals surface area contributed by atoms with E-state index in [1.165, 1.54) is 44.9 Å². The molecule has 3 rings (SSSR count). The summed E-state index contributed by atoms with van der Waals surface area (Å²) in [5.74, 6) is 0.324. The molecule has 1 saturated carbocycles. The molecule has 0 unspecified atom stereocenters. The first-order valence-electron chi connectivity index (χ1n) is 8.34. The summed E-state index contributed by atoms with van der Waals surface area (Å²) in [6.45, 7) is 6.45. The van der Waals surface area contributed by atoms with Crippen LogP contribution >= 0.6 is 11.3 Å². The van der Waals surface area contributed by atoms with E-state index < -0.39 is 0 Å². The zero-order valence-electron chi connectivity index (χ0n) is 13.2. The largest absolute Gasteiger partial charge is 0.348 e. The second-order valence-corrected chi connectivity index (χ2v) is 8.08. The van der Waals surface area contributed by atoms with Gasteiger partial charge in [-0.2, -0.15) is 0 Å². The Labute approximate surface area is 131 Å². The number of anilines is 1. The Morgan fingerprint density at radius 3 is 2.33 bits per heavy atom. The van der Waals surface area contributed by atoms with Crippen LogP contribution in [-0.2, 0) is 0 Å². The Morgan fingerprint density at radius 1 is 1.14 bits per heavy atom. The number of carbonyl (C=O) groups is 1. The minimum Gasteiger partial charge on any atom is -0.348 e. The molecule has 0 atom stereocenters. The van der Waals surface area contributed by atoms with Gasteiger partial charge in [0.15, 0.2) is 11.4 Å². The van der Waals surface area contributed by atoms with Crippen LogP contribution in [0.15, 0.2) is 0 Å². The molecule has 21 heavy (non-hydrogen) atoms. The Hall–Kier alpha value is -0.900. The number of aromatic nitrogens is 1. The third-order valence-electron chi connectivity index (χ3n) is 5.33. The molecule has 2 aliphatic rings. The van der Waals surface area contributed by atoms with E-state index in [-0.39, 0.29) is 0 Å². The van der Waals surface area contributed by atoms with Gasteiger partial charge in [0.25, 0.3) is 0 Å². The maximum atomic E-state index is 11.2. The van der Waals surface area contributed by atoms with Crippen molar-refractivity contribution in [1.82, 2.24) is 4.98 Å². The minimum atomic E-state index is 0.324. The van der Waals surface area contributed by atoms with Crippen LogP contribution in [0.3, 0.4) is 0 Å². The molecule has 0 bridgehead atoms. The predicted octanol–water partition coefficient (Wildman–Crippen LogP) is 4.63. The molecule has 2 fully saturated rings. The SMILES string of the molecule is CC(C)c1nc(N2CCC3(CCCCC3)CC2)sc1C=O. The van der Waals surface area contributed by atoms with Crippen molar-refractivity contribution in [1.29, 1.82) is 0 Å². The first-order valence-corrected chi connectivity index (χ1v) is 9.16. The normalized spacial score (nSPS) is 22.0. The molecule has 0 aromatic carbocycles. The lowest BCUT2D eigenvalue weighted by Crippen LogP contribution is -2.41. The maximum Gasteiger partial charge on any atom is 0.186 e. The lowest BCUT2D eigenvalue weighted by Gasteiger charge is -2.44. The molecule has 116 valence electrons. The Kier molecular flexibility index (Phi) is 4.34. The van der Waals surface area contributed by atoms with Gasteiger partial charge in [-0.25, -0.2) is 4.98 Å². The lowest BCUT2D eigenvalue weighted by atomic mass is 9.68. The van der Waals surface area contributed by atoms with Crippen molar-refractivity contribution in [3.8, 4) is 0 Å². The molecule has 4 heteroatoms. The van der Waals surface area contributed by atoms with E-state index >= 15 is 0 Å². The van der Waals surface area contributed by atoms with Crippen LogP contribution < -0.4 is 4.90 Å². The third kappa shape index (κ3) is 3.01. The van der Waals surface area contributed by atoms with Gasteiger partial charge in [0.05, 0.1) is 10.6 Å². The number of aldehydes is 1. The highest BCUT2D eigenvalue weighted by molar-refractivity contribution is 7.17. The first-order chi connectivity index (χ1) is 10.1. The second-order valence-electron chi connectivity index (χ2n) is 7.07. The van der Waals surface area contributed by atoms with E-state index in [0.717, 1.165) is 35.1 Å². The summed E-state index contributed by atoms with van der Waals surface area (Å²) >= 11 is 1.58. The second kappa shape index (κ2) is 6.07. The van der Waals surface area contributed by atoms with Crippen molar-refractivity contribution >= 4 is 22.8 Å². The van der Waals surface area contributed by atoms with E-state index in [2.05, 4.69) is 18.7 Å². The lowest BCUT2D eigenvalue weighted by molar-refractivity contribution is 0.112. The van der Waals surface area contributed by atoms with Gasteiger partial charge >= 0.3 is 0 Å². The Bertz CT molecular complexity index is 493. The molecule has 0 amide bonds. The molecular weight excluding hydrogens is 280 g/mol. The van der Waals surface area contributed by atoms with Crippen LogP contribution in [0.2, 0.25) is 0 Å². The Balaban J connectivity index is 1.70. The fraction of sp³-hybridized carbons (Fsp3) is 0.765. The van der Waals surface area contributed by atoms with Gasteiger partial charge in [0.1, 0.15) is 0 Å². The third-order valence-corrected chi connectivity index (χ3v) is 6.39. The fourth-order valence-electron chi connectivity index (χ4n) is 3.94. The van der Waals surface area contributed by atoms with Gasteiger partial charge in [-0.3, -0.25) is 4.79 Å². The quantitative estimate of drug-likeness (QED) is 0.763. The number of hydrogen-bond donors (Lipinski definition) is 0. The summed E-state index contributed by atoms with van der Waals surface area (Å²) in [7, 11) is 0. The van der Waals surface area contributed by atoms with Gasteiger partial charge in [-0.05, 0) is 37.0 Å². The highest BCUT2D eigenvalue weighted by atomic mass is 32.1. The minimum absolute atomic E-state index is 0.324. The molecule has 0 N–H and O–H groups in total. The van der Waals surface area contributed by atoms with Crippen molar-refractivity contribution in [2.75, 3.05) is 18.0 Å². The highest BCUT2D eigenvalue weighted by Gasteiger charge is 2.36. The zero-order valence-corrected chi connectivity index (χ0v) is 14.0. The van der Waals surface area contributed by atoms with Crippen LogP contribution in [0.1, 0.15) is 80.1 Å². The van der Waals surface area contributed by atoms with Crippen molar-refractivity contribution in [2.45, 2.75) is 64.7 Å². The summed E-state index contributed by atoms with van der Waals surface area (Å²) in [4.78, 5) is 19.2. The standard InChI is InChI=1S/C17H26N2OS/c1-13(2)15-14(12-20)21-16(18-15)19-10-8-17(9-11-19)6-4-3-5-7-17/h12-13H,3-11H2,1-2H3. The van der Waals surface area contributed by atoms with E-state index in [1.54, 1.807) is 11.3 Å². The molecule has 1 spiro atoms. The molecule has 1 aliphatic carbocycles. The summed E-state index contributed by atoms with van der Waals surface area (Å²) in [5, 5.41) is 1.06. The van der Waals surface area contributed by atoms with Crippen LogP contribution in [0.5, 0.6) is 0 Å². The van der Waals surface area contributed by atoms with Gasteiger partial charge in [-0.15, -0.1) is 0 Å².